The summed E-state index contributed by atoms with van der Waals surface area (Å²) in [5.41, 5.74) is 3.27. The minimum atomic E-state index is 0.120. The molecule has 2 aromatic rings. The van der Waals surface area contributed by atoms with Crippen LogP contribution in [-0.4, -0.2) is 39.8 Å². The van der Waals surface area contributed by atoms with Gasteiger partial charge in [0, 0.05) is 31.2 Å². The van der Waals surface area contributed by atoms with E-state index in [-0.39, 0.29) is 5.91 Å². The zero-order chi connectivity index (χ0) is 18.1. The lowest BCUT2D eigenvalue weighted by atomic mass is 9.83. The molecule has 1 N–H and O–H groups in total. The molecule has 2 aliphatic rings. The molecule has 4 rings (SSSR count). The van der Waals surface area contributed by atoms with Gasteiger partial charge in [-0.2, -0.15) is 0 Å². The van der Waals surface area contributed by atoms with Crippen LogP contribution in [0.3, 0.4) is 0 Å². The minimum absolute atomic E-state index is 0.120. The molecule has 2 atom stereocenters. The van der Waals surface area contributed by atoms with E-state index in [1.165, 1.54) is 5.56 Å². The van der Waals surface area contributed by atoms with Crippen LogP contribution in [0.5, 0.6) is 11.5 Å². The van der Waals surface area contributed by atoms with Gasteiger partial charge in [0.25, 0.3) is 0 Å². The van der Waals surface area contributed by atoms with Crippen molar-refractivity contribution in [3.63, 3.8) is 0 Å². The van der Waals surface area contributed by atoms with Crippen molar-refractivity contribution in [1.82, 2.24) is 5.32 Å². The molecule has 1 fully saturated rings. The first-order chi connectivity index (χ1) is 12.7. The Balaban J connectivity index is 1.60. The van der Waals surface area contributed by atoms with Gasteiger partial charge in [-0.3, -0.25) is 4.79 Å². The number of hydrogen-bond donors (Lipinski definition) is 1. The van der Waals surface area contributed by atoms with Crippen LogP contribution in [0.15, 0.2) is 42.5 Å². The number of hydrogen-bond acceptors (Lipinski definition) is 4. The van der Waals surface area contributed by atoms with Crippen molar-refractivity contribution in [2.24, 2.45) is 5.92 Å². The van der Waals surface area contributed by atoms with Gasteiger partial charge in [0.05, 0.1) is 20.6 Å². The fraction of sp³-hybridized carbons (Fsp3) is 0.381. The van der Waals surface area contributed by atoms with Gasteiger partial charge in [0.15, 0.2) is 11.5 Å². The van der Waals surface area contributed by atoms with Crippen molar-refractivity contribution < 1.29 is 14.3 Å². The summed E-state index contributed by atoms with van der Waals surface area (Å²) < 4.78 is 10.6. The molecule has 2 aromatic carbocycles. The lowest BCUT2D eigenvalue weighted by Crippen LogP contribution is -2.42. The summed E-state index contributed by atoms with van der Waals surface area (Å²) in [5, 5.41) is 3.47. The number of para-hydroxylation sites is 1. The standard InChI is InChI=1S/C21H24N2O3/c1-25-19-8-7-14(9-20(19)26-2)10-21(24)23-13-15-11-22-12-17(15)16-5-3-4-6-18(16)23/h3-9,15,17,22H,10-13H2,1-2H3/t15-,17+/m1/s1. The van der Waals surface area contributed by atoms with Gasteiger partial charge >= 0.3 is 0 Å². The maximum atomic E-state index is 13.1. The second-order valence-electron chi connectivity index (χ2n) is 6.95. The third-order valence-electron chi connectivity index (χ3n) is 5.49. The number of anilines is 1. The molecule has 2 heterocycles. The quantitative estimate of drug-likeness (QED) is 0.919. The Hall–Kier alpha value is -2.53. The van der Waals surface area contributed by atoms with E-state index in [1.54, 1.807) is 14.2 Å². The van der Waals surface area contributed by atoms with E-state index in [0.717, 1.165) is 30.9 Å². The lowest BCUT2D eigenvalue weighted by Gasteiger charge is -2.36. The van der Waals surface area contributed by atoms with Crippen molar-refractivity contribution in [2.45, 2.75) is 12.3 Å². The Morgan fingerprint density at radius 3 is 2.73 bits per heavy atom. The van der Waals surface area contributed by atoms with Crippen LogP contribution in [0.25, 0.3) is 0 Å². The van der Waals surface area contributed by atoms with Gasteiger partial charge in [0.1, 0.15) is 0 Å². The van der Waals surface area contributed by atoms with Gasteiger partial charge in [0.2, 0.25) is 5.91 Å². The van der Waals surface area contributed by atoms with Gasteiger partial charge < -0.3 is 19.7 Å². The molecule has 0 aliphatic carbocycles. The summed E-state index contributed by atoms with van der Waals surface area (Å²) in [6, 6.07) is 14.0. The largest absolute Gasteiger partial charge is 0.493 e. The highest BCUT2D eigenvalue weighted by molar-refractivity contribution is 5.96. The van der Waals surface area contributed by atoms with Gasteiger partial charge in [-0.15, -0.1) is 0 Å². The topological polar surface area (TPSA) is 50.8 Å². The third-order valence-corrected chi connectivity index (χ3v) is 5.49. The van der Waals surface area contributed by atoms with E-state index in [2.05, 4.69) is 23.5 Å². The molecule has 0 unspecified atom stereocenters. The molecule has 1 amide bonds. The number of amides is 1. The SMILES string of the molecule is COc1ccc(CC(=O)N2C[C@H]3CNC[C@@H]3c3ccccc32)cc1OC. The molecule has 136 valence electrons. The number of carbonyl (C=O) groups is 1. The number of nitrogens with zero attached hydrogens (tertiary/aromatic N) is 1. The number of nitrogens with one attached hydrogen (secondary N) is 1. The average Bonchev–Trinajstić information content (AvgIpc) is 3.16. The predicted molar refractivity (Wildman–Crippen MR) is 101 cm³/mol. The Morgan fingerprint density at radius 1 is 1.12 bits per heavy atom. The van der Waals surface area contributed by atoms with E-state index < -0.39 is 0 Å². The van der Waals surface area contributed by atoms with Gasteiger partial charge in [-0.25, -0.2) is 0 Å². The number of methoxy groups -OCH3 is 2. The van der Waals surface area contributed by atoms with Gasteiger partial charge in [-0.1, -0.05) is 24.3 Å². The molecule has 2 aliphatic heterocycles. The summed E-state index contributed by atoms with van der Waals surface area (Å²) in [6.45, 7) is 2.75. The smallest absolute Gasteiger partial charge is 0.231 e. The first-order valence-electron chi connectivity index (χ1n) is 9.02. The van der Waals surface area contributed by atoms with Crippen LogP contribution in [0.2, 0.25) is 0 Å². The Morgan fingerprint density at radius 2 is 1.92 bits per heavy atom. The van der Waals surface area contributed by atoms with Crippen LogP contribution in [0.4, 0.5) is 5.69 Å². The highest BCUT2D eigenvalue weighted by Gasteiger charge is 2.38. The minimum Gasteiger partial charge on any atom is -0.493 e. The second kappa shape index (κ2) is 7.00. The van der Waals surface area contributed by atoms with Crippen LogP contribution in [0.1, 0.15) is 17.0 Å². The second-order valence-corrected chi connectivity index (χ2v) is 6.95. The van der Waals surface area contributed by atoms with Crippen molar-refractivity contribution >= 4 is 11.6 Å². The number of ether oxygens (including phenoxy) is 2. The zero-order valence-corrected chi connectivity index (χ0v) is 15.2. The lowest BCUT2D eigenvalue weighted by molar-refractivity contribution is -0.118. The molecule has 0 bridgehead atoms. The molecule has 1 saturated heterocycles. The van der Waals surface area contributed by atoms with Crippen LogP contribution in [-0.2, 0) is 11.2 Å². The summed E-state index contributed by atoms with van der Waals surface area (Å²) in [7, 11) is 3.22. The van der Waals surface area contributed by atoms with Crippen LogP contribution in [0, 0.1) is 5.92 Å². The first-order valence-corrected chi connectivity index (χ1v) is 9.02. The van der Waals surface area contributed by atoms with Crippen molar-refractivity contribution in [2.75, 3.05) is 38.8 Å². The molecule has 0 radical (unpaired) electrons. The first kappa shape index (κ1) is 16.9. The third kappa shape index (κ3) is 2.92. The van der Waals surface area contributed by atoms with Crippen molar-refractivity contribution in [3.8, 4) is 11.5 Å². The molecule has 5 nitrogen and oxygen atoms in total. The zero-order valence-electron chi connectivity index (χ0n) is 15.2. The Labute approximate surface area is 153 Å². The Kier molecular flexibility index (Phi) is 4.55. The average molecular weight is 352 g/mol. The van der Waals surface area contributed by atoms with E-state index in [0.29, 0.717) is 29.8 Å². The van der Waals surface area contributed by atoms with E-state index >= 15 is 0 Å². The molecule has 0 aromatic heterocycles. The number of rotatable bonds is 4. The summed E-state index contributed by atoms with van der Waals surface area (Å²) in [4.78, 5) is 15.1. The van der Waals surface area contributed by atoms with Crippen molar-refractivity contribution in [1.29, 1.82) is 0 Å². The maximum absolute atomic E-state index is 13.1. The molecule has 26 heavy (non-hydrogen) atoms. The predicted octanol–water partition coefficient (Wildman–Crippen LogP) is 2.60. The van der Waals surface area contributed by atoms with E-state index in [1.807, 2.05) is 29.2 Å². The molecular formula is C21H24N2O3. The number of fused-ring (bicyclic) bond motifs is 3. The monoisotopic (exact) mass is 352 g/mol. The van der Waals surface area contributed by atoms with Crippen LogP contribution >= 0.6 is 0 Å². The molecule has 0 saturated carbocycles. The van der Waals surface area contributed by atoms with Gasteiger partial charge in [-0.05, 0) is 35.2 Å². The fourth-order valence-corrected chi connectivity index (χ4v) is 4.17. The van der Waals surface area contributed by atoms with E-state index in [4.69, 9.17) is 9.47 Å². The number of carbonyl (C=O) groups excluding carboxylic acids is 1. The van der Waals surface area contributed by atoms with Crippen LogP contribution < -0.4 is 19.7 Å². The fourth-order valence-electron chi connectivity index (χ4n) is 4.17. The van der Waals surface area contributed by atoms with Crippen molar-refractivity contribution in [3.05, 3.63) is 53.6 Å². The Bertz CT molecular complexity index is 821. The highest BCUT2D eigenvalue weighted by Crippen LogP contribution is 2.40. The maximum Gasteiger partial charge on any atom is 0.231 e. The molecule has 0 spiro atoms. The summed E-state index contributed by atoms with van der Waals surface area (Å²) in [5.74, 6) is 2.44. The molecular weight excluding hydrogens is 328 g/mol. The number of benzene rings is 2. The summed E-state index contributed by atoms with van der Waals surface area (Å²) in [6.07, 6.45) is 0.347. The molecule has 5 heteroatoms. The highest BCUT2D eigenvalue weighted by atomic mass is 16.5. The normalized spacial score (nSPS) is 21.1. The van der Waals surface area contributed by atoms with E-state index in [9.17, 15) is 4.79 Å². The summed E-state index contributed by atoms with van der Waals surface area (Å²) >= 11 is 0.